The van der Waals surface area contributed by atoms with Crippen LogP contribution in [0.3, 0.4) is 0 Å². The van der Waals surface area contributed by atoms with Crippen molar-refractivity contribution in [3.05, 3.63) is 93.3 Å². The predicted molar refractivity (Wildman–Crippen MR) is 155 cm³/mol. The third-order valence-corrected chi connectivity index (χ3v) is 7.04. The van der Waals surface area contributed by atoms with Crippen molar-refractivity contribution in [3.63, 3.8) is 0 Å². The summed E-state index contributed by atoms with van der Waals surface area (Å²) in [6.45, 7) is 1.11. The van der Waals surface area contributed by atoms with E-state index in [2.05, 4.69) is 10.6 Å². The number of aliphatic hydroxyl groups excluding tert-OH is 2. The molecule has 0 unspecified atom stereocenters. The van der Waals surface area contributed by atoms with Gasteiger partial charge in [0, 0.05) is 3.57 Å². The molecule has 1 aliphatic heterocycles. The van der Waals surface area contributed by atoms with Crippen molar-refractivity contribution in [2.45, 2.75) is 37.8 Å². The fourth-order valence-electron chi connectivity index (χ4n) is 4.22. The van der Waals surface area contributed by atoms with Crippen molar-refractivity contribution in [1.29, 1.82) is 0 Å². The predicted octanol–water partition coefficient (Wildman–Crippen LogP) is 3.37. The van der Waals surface area contributed by atoms with E-state index < -0.39 is 54.6 Å². The molecule has 1 aliphatic rings. The van der Waals surface area contributed by atoms with Gasteiger partial charge >= 0.3 is 6.03 Å². The van der Waals surface area contributed by atoms with Gasteiger partial charge in [0.05, 0.1) is 25.0 Å². The largest absolute Gasteiger partial charge is 0.491 e. The first-order valence-electron chi connectivity index (χ1n) is 12.7. The molecule has 1 fully saturated rings. The Morgan fingerprint density at radius 2 is 1.83 bits per heavy atom. The van der Waals surface area contributed by atoms with E-state index in [1.54, 1.807) is 37.3 Å². The Bertz CT molecular complexity index is 1380. The molecule has 1 heterocycles. The minimum Gasteiger partial charge on any atom is -0.491 e. The maximum absolute atomic E-state index is 14.6. The van der Waals surface area contributed by atoms with E-state index in [1.165, 1.54) is 12.1 Å². The van der Waals surface area contributed by atoms with E-state index in [4.69, 9.17) is 14.6 Å². The Hall–Kier alpha value is -3.59. The maximum Gasteiger partial charge on any atom is 0.325 e. The zero-order valence-electron chi connectivity index (χ0n) is 22.0. The van der Waals surface area contributed by atoms with Crippen LogP contribution in [0.25, 0.3) is 0 Å². The lowest BCUT2D eigenvalue weighted by atomic mass is 10.0. The molecule has 0 saturated carbocycles. The van der Waals surface area contributed by atoms with E-state index in [0.717, 1.165) is 10.5 Å². The second-order valence-electron chi connectivity index (χ2n) is 9.37. The number of anilines is 1. The lowest BCUT2D eigenvalue weighted by Crippen LogP contribution is -2.54. The summed E-state index contributed by atoms with van der Waals surface area (Å²) in [5.74, 6) is -1.75. The number of rotatable bonds is 12. The number of carbonyl (C=O) groups is 3. The van der Waals surface area contributed by atoms with E-state index >= 15 is 0 Å². The van der Waals surface area contributed by atoms with Crippen LogP contribution in [0.5, 0.6) is 5.75 Å². The Balaban J connectivity index is 1.56. The number of halogens is 2. The molecule has 10 nitrogen and oxygen atoms in total. The van der Waals surface area contributed by atoms with Crippen LogP contribution < -0.4 is 15.4 Å². The first-order chi connectivity index (χ1) is 19.7. The summed E-state index contributed by atoms with van der Waals surface area (Å²) in [6, 6.07) is 16.4. The quantitative estimate of drug-likeness (QED) is 0.171. The number of benzene rings is 3. The van der Waals surface area contributed by atoms with Gasteiger partial charge < -0.3 is 30.3 Å². The average molecular weight is 677 g/mol. The highest BCUT2D eigenvalue weighted by Gasteiger charge is 2.47. The molecule has 3 aromatic rings. The second kappa shape index (κ2) is 13.9. The fraction of sp³-hybridized carbons (Fsp3) is 0.276. The number of carbonyl (C=O) groups excluding carboxylic acids is 3. The monoisotopic (exact) mass is 677 g/mol. The normalized spacial score (nSPS) is 17.1. The summed E-state index contributed by atoms with van der Waals surface area (Å²) in [4.78, 5) is 41.1. The highest BCUT2D eigenvalue weighted by molar-refractivity contribution is 14.1. The summed E-state index contributed by atoms with van der Waals surface area (Å²) in [6.07, 6.45) is -2.00. The molecule has 4 rings (SSSR count). The molecule has 0 spiro atoms. The Kier molecular flexibility index (Phi) is 10.3. The van der Waals surface area contributed by atoms with Crippen molar-refractivity contribution < 1.29 is 38.5 Å². The molecule has 216 valence electrons. The summed E-state index contributed by atoms with van der Waals surface area (Å²) in [7, 11) is 0. The summed E-state index contributed by atoms with van der Waals surface area (Å²) in [5.41, 5.74) is 1.16. The highest BCUT2D eigenvalue weighted by Crippen LogP contribution is 2.28. The molecule has 41 heavy (non-hydrogen) atoms. The molecule has 0 bridgehead atoms. The van der Waals surface area contributed by atoms with Crippen LogP contribution in [0.1, 0.15) is 24.1 Å². The van der Waals surface area contributed by atoms with Gasteiger partial charge in [-0.2, -0.15) is 0 Å². The molecule has 4 N–H and O–H groups in total. The highest BCUT2D eigenvalue weighted by atomic mass is 127. The topological polar surface area (TPSA) is 137 Å². The zero-order chi connectivity index (χ0) is 29.5. The number of ether oxygens (including phenoxy) is 2. The number of imide groups is 1. The van der Waals surface area contributed by atoms with Crippen molar-refractivity contribution in [3.8, 4) is 5.75 Å². The number of nitrogens with zero attached hydrogens (tertiary/aromatic N) is 1. The van der Waals surface area contributed by atoms with Crippen molar-refractivity contribution in [1.82, 2.24) is 10.2 Å². The van der Waals surface area contributed by atoms with E-state index in [1.807, 2.05) is 52.9 Å². The molecule has 4 atom stereocenters. The number of nitrogens with one attached hydrogen (secondary N) is 2. The Labute approximate surface area is 249 Å². The van der Waals surface area contributed by atoms with Gasteiger partial charge in [-0.25, -0.2) is 14.1 Å². The lowest BCUT2D eigenvalue weighted by Gasteiger charge is -2.29. The molecule has 0 aromatic heterocycles. The SMILES string of the molecule is C[C@@H](OCc1ccccc1)[C@@H](C(=O)Nc1ccc(I)cc1F)N1C(=O)N[C@H](c2ccc(OC[C@H](O)CO)cc2)C1=O. The van der Waals surface area contributed by atoms with E-state index in [9.17, 15) is 23.9 Å². The third-order valence-electron chi connectivity index (χ3n) is 6.37. The van der Waals surface area contributed by atoms with E-state index in [-0.39, 0.29) is 18.9 Å². The van der Waals surface area contributed by atoms with Crippen LogP contribution in [0.2, 0.25) is 0 Å². The van der Waals surface area contributed by atoms with Gasteiger partial charge in [0.2, 0.25) is 0 Å². The van der Waals surface area contributed by atoms with Crippen LogP contribution in [-0.2, 0) is 20.9 Å². The molecule has 0 aliphatic carbocycles. The standard InChI is InChI=1S/C29H29FIN3O7/c1-17(40-15-18-5-3-2-4-6-18)26(27(37)32-24-12-9-20(31)13-23(24)30)34-28(38)25(33-29(34)39)19-7-10-22(11-8-19)41-16-21(36)14-35/h2-13,17,21,25-26,35-36H,14-16H2,1H3,(H,32,37)(H,33,39)/t17-,21-,25-,26+/m1/s1. The zero-order valence-corrected chi connectivity index (χ0v) is 24.2. The summed E-state index contributed by atoms with van der Waals surface area (Å²) < 4.78 is 26.5. The second-order valence-corrected chi connectivity index (χ2v) is 10.6. The fourth-order valence-corrected chi connectivity index (χ4v) is 4.67. The molecule has 0 radical (unpaired) electrons. The minimum atomic E-state index is -1.42. The van der Waals surface area contributed by atoms with Crippen LogP contribution in [0.15, 0.2) is 72.8 Å². The Morgan fingerprint density at radius 3 is 2.49 bits per heavy atom. The first kappa shape index (κ1) is 30.4. The van der Waals surface area contributed by atoms with Crippen LogP contribution in [-0.4, -0.2) is 64.4 Å². The number of urea groups is 1. The first-order valence-corrected chi connectivity index (χ1v) is 13.8. The number of amides is 4. The van der Waals surface area contributed by atoms with Gasteiger partial charge in [-0.1, -0.05) is 42.5 Å². The van der Waals surface area contributed by atoms with E-state index in [0.29, 0.717) is 14.9 Å². The number of hydrogen-bond donors (Lipinski definition) is 4. The summed E-state index contributed by atoms with van der Waals surface area (Å²) in [5, 5.41) is 23.5. The van der Waals surface area contributed by atoms with Crippen LogP contribution >= 0.6 is 22.6 Å². The summed E-state index contributed by atoms with van der Waals surface area (Å²) >= 11 is 1.94. The molecule has 4 amide bonds. The van der Waals surface area contributed by atoms with Crippen molar-refractivity contribution >= 4 is 46.1 Å². The third kappa shape index (κ3) is 7.58. The molecular weight excluding hydrogens is 648 g/mol. The van der Waals surface area contributed by atoms with Gasteiger partial charge in [-0.15, -0.1) is 0 Å². The van der Waals surface area contributed by atoms with Gasteiger partial charge in [-0.05, 0) is 71.0 Å². The Morgan fingerprint density at radius 1 is 1.12 bits per heavy atom. The number of aliphatic hydroxyl groups is 2. The smallest absolute Gasteiger partial charge is 0.325 e. The van der Waals surface area contributed by atoms with Gasteiger partial charge in [-0.3, -0.25) is 9.59 Å². The number of hydrogen-bond acceptors (Lipinski definition) is 7. The van der Waals surface area contributed by atoms with Gasteiger partial charge in [0.1, 0.15) is 36.4 Å². The minimum absolute atomic E-state index is 0.0961. The molecule has 12 heteroatoms. The van der Waals surface area contributed by atoms with Crippen LogP contribution in [0, 0.1) is 9.39 Å². The van der Waals surface area contributed by atoms with Crippen molar-refractivity contribution in [2.24, 2.45) is 0 Å². The molecule has 1 saturated heterocycles. The maximum atomic E-state index is 14.6. The van der Waals surface area contributed by atoms with Gasteiger partial charge in [0.15, 0.2) is 0 Å². The molecular formula is C29H29FIN3O7. The van der Waals surface area contributed by atoms with Gasteiger partial charge in [0.25, 0.3) is 11.8 Å². The molecule has 3 aromatic carbocycles. The lowest BCUT2D eigenvalue weighted by molar-refractivity contribution is -0.139. The van der Waals surface area contributed by atoms with Crippen LogP contribution in [0.4, 0.5) is 14.9 Å². The average Bonchev–Trinajstić information content (AvgIpc) is 3.26. The van der Waals surface area contributed by atoms with Crippen molar-refractivity contribution in [2.75, 3.05) is 18.5 Å².